The van der Waals surface area contributed by atoms with Crippen LogP contribution < -0.4 is 0 Å². The van der Waals surface area contributed by atoms with E-state index in [-0.39, 0.29) is 11.7 Å². The van der Waals surface area contributed by atoms with Crippen LogP contribution in [0.4, 0.5) is 0 Å². The summed E-state index contributed by atoms with van der Waals surface area (Å²) in [5.41, 5.74) is 4.36. The molecular formula is C25H25BN2O4. The van der Waals surface area contributed by atoms with E-state index in [2.05, 4.69) is 31.0 Å². The summed E-state index contributed by atoms with van der Waals surface area (Å²) in [5.74, 6) is -1.27. The van der Waals surface area contributed by atoms with Gasteiger partial charge in [0.15, 0.2) is 0 Å². The van der Waals surface area contributed by atoms with Crippen molar-refractivity contribution in [3.05, 3.63) is 84.2 Å². The van der Waals surface area contributed by atoms with E-state index in [1.54, 1.807) is 31.2 Å². The van der Waals surface area contributed by atoms with Crippen molar-refractivity contribution in [3.8, 4) is 0 Å². The molecule has 0 saturated heterocycles. The lowest BCUT2D eigenvalue weighted by Gasteiger charge is -1.96. The Morgan fingerprint density at radius 1 is 0.938 bits per heavy atom. The molecule has 2 aromatic carbocycles. The number of aromatic nitrogens is 2. The topological polar surface area (TPSA) is 95.2 Å². The van der Waals surface area contributed by atoms with Crippen molar-refractivity contribution in [1.29, 1.82) is 0 Å². The van der Waals surface area contributed by atoms with Gasteiger partial charge >= 0.3 is 11.9 Å². The molecule has 2 aromatic heterocycles. The Balaban J connectivity index is 0.000000212. The van der Waals surface area contributed by atoms with Crippen LogP contribution in [0.2, 0.25) is 6.82 Å². The third kappa shape index (κ3) is 5.37. The van der Waals surface area contributed by atoms with Gasteiger partial charge in [-0.15, -0.1) is 0 Å². The highest BCUT2D eigenvalue weighted by atomic mass is 16.5. The Kier molecular flexibility index (Phi) is 8.66. The maximum absolute atomic E-state index is 11.5. The van der Waals surface area contributed by atoms with E-state index in [9.17, 15) is 9.59 Å². The summed E-state index contributed by atoms with van der Waals surface area (Å²) in [6.45, 7) is 11.1. The Morgan fingerprint density at radius 3 is 1.84 bits per heavy atom. The maximum Gasteiger partial charge on any atom is 0.354 e. The van der Waals surface area contributed by atoms with Crippen molar-refractivity contribution >= 4 is 53.7 Å². The van der Waals surface area contributed by atoms with E-state index in [1.165, 1.54) is 6.82 Å². The van der Waals surface area contributed by atoms with Crippen LogP contribution in [0.3, 0.4) is 0 Å². The molecule has 0 aliphatic carbocycles. The number of ether oxygens (including phenoxy) is 1. The van der Waals surface area contributed by atoms with Gasteiger partial charge in [-0.05, 0) is 42.3 Å². The summed E-state index contributed by atoms with van der Waals surface area (Å²) in [5, 5.41) is 10.7. The number of aromatic carboxylic acids is 1. The fourth-order valence-electron chi connectivity index (χ4n) is 3.15. The number of fused-ring (bicyclic) bond motifs is 2. The van der Waals surface area contributed by atoms with E-state index in [4.69, 9.17) is 9.84 Å². The number of aromatic amines is 2. The number of carboxylic acids is 1. The number of benzene rings is 2. The van der Waals surface area contributed by atoms with Crippen molar-refractivity contribution in [2.24, 2.45) is 0 Å². The molecule has 2 heterocycles. The van der Waals surface area contributed by atoms with E-state index in [1.807, 2.05) is 36.4 Å². The fourth-order valence-corrected chi connectivity index (χ4v) is 3.15. The van der Waals surface area contributed by atoms with E-state index < -0.39 is 5.97 Å². The molecule has 0 amide bonds. The maximum atomic E-state index is 11.5. The van der Waals surface area contributed by atoms with Gasteiger partial charge in [-0.25, -0.2) is 9.59 Å². The van der Waals surface area contributed by atoms with Gasteiger partial charge in [0, 0.05) is 21.8 Å². The average molecular weight is 428 g/mol. The molecule has 7 heteroatoms. The summed E-state index contributed by atoms with van der Waals surface area (Å²) < 4.78 is 4.93. The highest BCUT2D eigenvalue weighted by Gasteiger charge is 2.11. The predicted molar refractivity (Wildman–Crippen MR) is 131 cm³/mol. The van der Waals surface area contributed by atoms with Gasteiger partial charge in [-0.3, -0.25) is 0 Å². The summed E-state index contributed by atoms with van der Waals surface area (Å²) >= 11 is 0. The van der Waals surface area contributed by atoms with Gasteiger partial charge in [0.1, 0.15) is 11.4 Å². The number of carbonyl (C=O) groups is 2. The molecule has 2 radical (unpaired) electrons. The minimum absolute atomic E-state index is 0.203. The minimum Gasteiger partial charge on any atom is -0.477 e. The average Bonchev–Trinajstić information content (AvgIpc) is 3.45. The quantitative estimate of drug-likeness (QED) is 0.281. The van der Waals surface area contributed by atoms with Crippen molar-refractivity contribution in [2.75, 3.05) is 6.61 Å². The lowest BCUT2D eigenvalue weighted by Crippen LogP contribution is -2.04. The first kappa shape index (κ1) is 24.3. The van der Waals surface area contributed by atoms with Gasteiger partial charge in [0.05, 0.1) is 14.5 Å². The molecule has 0 spiro atoms. The molecule has 6 nitrogen and oxygen atoms in total. The number of carboxylic acid groups (broad SMARTS) is 1. The third-order valence-electron chi connectivity index (χ3n) is 4.56. The summed E-state index contributed by atoms with van der Waals surface area (Å²) in [4.78, 5) is 28.1. The second-order valence-electron chi connectivity index (χ2n) is 6.42. The molecule has 0 saturated carbocycles. The van der Waals surface area contributed by atoms with E-state index in [0.29, 0.717) is 12.3 Å². The van der Waals surface area contributed by atoms with Crippen LogP contribution in [0.5, 0.6) is 0 Å². The first-order valence-electron chi connectivity index (χ1n) is 9.95. The second kappa shape index (κ2) is 11.4. The van der Waals surface area contributed by atoms with Gasteiger partial charge in [0.2, 0.25) is 0 Å². The monoisotopic (exact) mass is 428 g/mol. The van der Waals surface area contributed by atoms with Crippen LogP contribution in [0.1, 0.15) is 39.0 Å². The van der Waals surface area contributed by atoms with Crippen LogP contribution in [0, 0.1) is 0 Å². The standard InChI is InChI=1S/C13H13NO2.C11H9NO2.CH3B/c1-3-9-6-5-7-11-10(9)8-12(14-11)13(15)16-4-2;1-2-7-4-3-5-9-8(7)6-10(12-9)11(13)14;1-2/h3,5-8,14H,1,4H2,2H3;2-6,12H,1H2,(H,13,14);1H3. The SMILES string of the molecule is C=Cc1cccc2[nH]c(C(=O)O)cc12.C=Cc1cccc2[nH]c(C(=O)OCC)cc12.[B]C. The van der Waals surface area contributed by atoms with Gasteiger partial charge in [-0.2, -0.15) is 0 Å². The van der Waals surface area contributed by atoms with E-state index >= 15 is 0 Å². The molecule has 0 aliphatic heterocycles. The van der Waals surface area contributed by atoms with Crippen molar-refractivity contribution in [2.45, 2.75) is 13.7 Å². The lowest BCUT2D eigenvalue weighted by molar-refractivity contribution is 0.0520. The van der Waals surface area contributed by atoms with Crippen LogP contribution in [-0.2, 0) is 4.74 Å². The van der Waals surface area contributed by atoms with Crippen molar-refractivity contribution in [1.82, 2.24) is 9.97 Å². The summed E-state index contributed by atoms with van der Waals surface area (Å²) in [7, 11) is 4.50. The summed E-state index contributed by atoms with van der Waals surface area (Å²) in [6.07, 6.45) is 3.48. The highest BCUT2D eigenvalue weighted by molar-refractivity contribution is 6.05. The van der Waals surface area contributed by atoms with Crippen LogP contribution >= 0.6 is 0 Å². The molecular weight excluding hydrogens is 403 g/mol. The van der Waals surface area contributed by atoms with Crippen molar-refractivity contribution in [3.63, 3.8) is 0 Å². The number of nitrogens with one attached hydrogen (secondary N) is 2. The Morgan fingerprint density at radius 2 is 1.41 bits per heavy atom. The zero-order valence-electron chi connectivity index (χ0n) is 18.1. The summed E-state index contributed by atoms with van der Waals surface area (Å²) in [6, 6.07) is 14.8. The molecule has 0 atom stereocenters. The smallest absolute Gasteiger partial charge is 0.354 e. The Bertz CT molecular complexity index is 1250. The molecule has 4 aromatic rings. The zero-order valence-corrected chi connectivity index (χ0v) is 18.1. The van der Waals surface area contributed by atoms with Gasteiger partial charge < -0.3 is 19.8 Å². The highest BCUT2D eigenvalue weighted by Crippen LogP contribution is 2.22. The molecule has 4 rings (SSSR count). The number of H-pyrrole nitrogens is 2. The van der Waals surface area contributed by atoms with Crippen LogP contribution in [0.25, 0.3) is 34.0 Å². The normalized spacial score (nSPS) is 9.81. The molecule has 162 valence electrons. The lowest BCUT2D eigenvalue weighted by atomic mass is 10.1. The molecule has 0 aliphatic rings. The van der Waals surface area contributed by atoms with Crippen LogP contribution in [-0.4, -0.2) is 41.5 Å². The molecule has 0 bridgehead atoms. The van der Waals surface area contributed by atoms with Crippen LogP contribution in [0.15, 0.2) is 61.7 Å². The molecule has 3 N–H and O–H groups in total. The van der Waals surface area contributed by atoms with Crippen molar-refractivity contribution < 1.29 is 19.4 Å². The Hall–Kier alpha value is -4.00. The first-order chi connectivity index (χ1) is 15.5. The number of carbonyl (C=O) groups excluding carboxylic acids is 1. The number of hydrogen-bond donors (Lipinski definition) is 3. The third-order valence-corrected chi connectivity index (χ3v) is 4.56. The number of esters is 1. The predicted octanol–water partition coefficient (Wildman–Crippen LogP) is 5.70. The van der Waals surface area contributed by atoms with Gasteiger partial charge in [0.25, 0.3) is 0 Å². The molecule has 0 fully saturated rings. The molecule has 0 unspecified atom stereocenters. The minimum atomic E-state index is -0.948. The largest absolute Gasteiger partial charge is 0.477 e. The second-order valence-corrected chi connectivity index (χ2v) is 6.42. The molecule has 32 heavy (non-hydrogen) atoms. The first-order valence-corrected chi connectivity index (χ1v) is 9.95. The fraction of sp³-hybridized carbons (Fsp3) is 0.120. The number of hydrogen-bond acceptors (Lipinski definition) is 3. The van der Waals surface area contributed by atoms with E-state index in [0.717, 1.165) is 32.9 Å². The zero-order chi connectivity index (χ0) is 23.7. The van der Waals surface area contributed by atoms with Gasteiger partial charge in [-0.1, -0.05) is 56.4 Å². The number of rotatable bonds is 5. The Labute approximate surface area is 188 Å².